The Labute approximate surface area is 110 Å². The second-order valence-electron chi connectivity index (χ2n) is 4.27. The van der Waals surface area contributed by atoms with Gasteiger partial charge in [-0.2, -0.15) is 0 Å². The molecule has 2 heterocycles. The number of aromatic amines is 2. The van der Waals surface area contributed by atoms with Crippen molar-refractivity contribution in [2.75, 3.05) is 0 Å². The summed E-state index contributed by atoms with van der Waals surface area (Å²) >= 11 is 0. The van der Waals surface area contributed by atoms with Gasteiger partial charge in [-0.05, 0) is 19.4 Å². The van der Waals surface area contributed by atoms with Gasteiger partial charge in [0.25, 0.3) is 5.91 Å². The number of nitrogens with zero attached hydrogens (tertiary/aromatic N) is 1. The first-order valence-corrected chi connectivity index (χ1v) is 6.11. The third-order valence-electron chi connectivity index (χ3n) is 2.90. The smallest absolute Gasteiger partial charge is 0.268 e. The average molecular weight is 260 g/mol. The van der Waals surface area contributed by atoms with Crippen LogP contribution in [0.3, 0.4) is 0 Å². The Kier molecular flexibility index (Phi) is 3.79. The molecule has 2 aromatic rings. The minimum atomic E-state index is -0.254. The van der Waals surface area contributed by atoms with E-state index in [9.17, 15) is 9.59 Å². The summed E-state index contributed by atoms with van der Waals surface area (Å²) < 4.78 is 0. The first kappa shape index (κ1) is 13.1. The molecule has 100 valence electrons. The molecule has 1 atom stereocenters. The number of rotatable bonds is 5. The highest BCUT2D eigenvalue weighted by Gasteiger charge is 2.17. The number of nitrogens with one attached hydrogen (secondary N) is 3. The minimum Gasteiger partial charge on any atom is -0.356 e. The van der Waals surface area contributed by atoms with E-state index in [0.717, 1.165) is 6.42 Å². The number of hydrogen-bond donors (Lipinski definition) is 3. The molecule has 1 unspecified atom stereocenters. The van der Waals surface area contributed by atoms with E-state index in [2.05, 4.69) is 20.3 Å². The Bertz CT molecular complexity index is 571. The predicted molar refractivity (Wildman–Crippen MR) is 69.9 cm³/mol. The highest BCUT2D eigenvalue weighted by atomic mass is 16.2. The van der Waals surface area contributed by atoms with Crippen LogP contribution in [0.25, 0.3) is 0 Å². The van der Waals surface area contributed by atoms with Gasteiger partial charge in [-0.1, -0.05) is 6.92 Å². The zero-order valence-corrected chi connectivity index (χ0v) is 10.9. The second-order valence-corrected chi connectivity index (χ2v) is 4.27. The van der Waals surface area contributed by atoms with Crippen LogP contribution >= 0.6 is 0 Å². The summed E-state index contributed by atoms with van der Waals surface area (Å²) in [4.78, 5) is 33.1. The zero-order chi connectivity index (χ0) is 13.8. The number of Topliss-reactive ketones (excluding diaryl/α,β-unsaturated/α-hetero) is 1. The molecule has 0 spiro atoms. The fourth-order valence-corrected chi connectivity index (χ4v) is 1.80. The van der Waals surface area contributed by atoms with Gasteiger partial charge in [0.15, 0.2) is 5.78 Å². The lowest BCUT2D eigenvalue weighted by Crippen LogP contribution is -2.29. The van der Waals surface area contributed by atoms with Crippen LogP contribution in [0.2, 0.25) is 0 Å². The molecule has 0 saturated carbocycles. The summed E-state index contributed by atoms with van der Waals surface area (Å²) in [6.45, 7) is 3.42. The normalized spacial score (nSPS) is 12.1. The molecular weight excluding hydrogens is 244 g/mol. The number of ketones is 1. The first-order valence-electron chi connectivity index (χ1n) is 6.11. The molecule has 6 heteroatoms. The Morgan fingerprint density at radius 3 is 2.74 bits per heavy atom. The maximum absolute atomic E-state index is 12.0. The number of imidazole rings is 1. The van der Waals surface area contributed by atoms with Crippen LogP contribution in [0.1, 0.15) is 53.0 Å². The predicted octanol–water partition coefficient (Wildman–Crippen LogP) is 1.82. The molecule has 1 amide bonds. The van der Waals surface area contributed by atoms with Crippen molar-refractivity contribution in [3.8, 4) is 0 Å². The van der Waals surface area contributed by atoms with Gasteiger partial charge in [0.2, 0.25) is 0 Å². The van der Waals surface area contributed by atoms with E-state index in [1.54, 1.807) is 18.5 Å². The van der Waals surface area contributed by atoms with Crippen LogP contribution in [0.15, 0.2) is 24.7 Å². The highest BCUT2D eigenvalue weighted by Crippen LogP contribution is 2.13. The van der Waals surface area contributed by atoms with Crippen LogP contribution in [0.4, 0.5) is 0 Å². The van der Waals surface area contributed by atoms with Crippen LogP contribution in [-0.4, -0.2) is 26.6 Å². The Balaban J connectivity index is 2.09. The van der Waals surface area contributed by atoms with Gasteiger partial charge < -0.3 is 15.3 Å². The van der Waals surface area contributed by atoms with E-state index in [0.29, 0.717) is 17.1 Å². The van der Waals surface area contributed by atoms with Crippen LogP contribution in [-0.2, 0) is 0 Å². The molecule has 0 radical (unpaired) electrons. The van der Waals surface area contributed by atoms with Crippen LogP contribution in [0.5, 0.6) is 0 Å². The SMILES string of the molecule is CCC(NC(=O)c1cc(C(C)=O)c[nH]1)c1ncc[nH]1. The lowest BCUT2D eigenvalue weighted by molar-refractivity contribution is 0.0929. The molecule has 2 rings (SSSR count). The van der Waals surface area contributed by atoms with Gasteiger partial charge in [-0.25, -0.2) is 4.98 Å². The summed E-state index contributed by atoms with van der Waals surface area (Å²) in [5.41, 5.74) is 0.867. The van der Waals surface area contributed by atoms with Crippen molar-refractivity contribution in [2.24, 2.45) is 0 Å². The molecule has 0 bridgehead atoms. The molecule has 0 saturated heterocycles. The van der Waals surface area contributed by atoms with Crippen molar-refractivity contribution < 1.29 is 9.59 Å². The van der Waals surface area contributed by atoms with Crippen molar-refractivity contribution >= 4 is 11.7 Å². The average Bonchev–Trinajstić information content (AvgIpc) is 3.05. The number of H-pyrrole nitrogens is 2. The van der Waals surface area contributed by atoms with E-state index in [1.165, 1.54) is 13.1 Å². The highest BCUT2D eigenvalue weighted by molar-refractivity contribution is 5.99. The Morgan fingerprint density at radius 1 is 1.42 bits per heavy atom. The second kappa shape index (κ2) is 5.51. The maximum Gasteiger partial charge on any atom is 0.268 e. The molecular formula is C13H16N4O2. The molecule has 19 heavy (non-hydrogen) atoms. The Morgan fingerprint density at radius 2 is 2.21 bits per heavy atom. The van der Waals surface area contributed by atoms with Crippen molar-refractivity contribution in [3.05, 3.63) is 41.7 Å². The fourth-order valence-electron chi connectivity index (χ4n) is 1.80. The summed E-state index contributed by atoms with van der Waals surface area (Å²) in [5, 5.41) is 2.86. The van der Waals surface area contributed by atoms with Crippen LogP contribution in [0, 0.1) is 0 Å². The van der Waals surface area contributed by atoms with Gasteiger partial charge in [-0.15, -0.1) is 0 Å². The lowest BCUT2D eigenvalue weighted by atomic mass is 10.2. The van der Waals surface area contributed by atoms with Crippen LogP contribution < -0.4 is 5.32 Å². The minimum absolute atomic E-state index is 0.0756. The van der Waals surface area contributed by atoms with Crippen molar-refractivity contribution in [1.29, 1.82) is 0 Å². The van der Waals surface area contributed by atoms with Crippen molar-refractivity contribution in [3.63, 3.8) is 0 Å². The number of carbonyl (C=O) groups is 2. The maximum atomic E-state index is 12.0. The molecule has 0 aliphatic heterocycles. The molecule has 0 aliphatic rings. The topological polar surface area (TPSA) is 90.6 Å². The van der Waals surface area contributed by atoms with Crippen molar-refractivity contribution in [2.45, 2.75) is 26.3 Å². The summed E-state index contributed by atoms with van der Waals surface area (Å²) in [6.07, 6.45) is 5.61. The molecule has 6 nitrogen and oxygen atoms in total. The van der Waals surface area contributed by atoms with Gasteiger partial charge in [0, 0.05) is 24.2 Å². The van der Waals surface area contributed by atoms with E-state index in [1.807, 2.05) is 6.92 Å². The van der Waals surface area contributed by atoms with Crippen molar-refractivity contribution in [1.82, 2.24) is 20.3 Å². The first-order chi connectivity index (χ1) is 9.11. The van der Waals surface area contributed by atoms with Gasteiger partial charge in [0.05, 0.1) is 6.04 Å². The van der Waals surface area contributed by atoms with E-state index in [4.69, 9.17) is 0 Å². The number of aromatic nitrogens is 3. The monoisotopic (exact) mass is 260 g/mol. The molecule has 0 aromatic carbocycles. The molecule has 2 aromatic heterocycles. The third-order valence-corrected chi connectivity index (χ3v) is 2.90. The summed E-state index contributed by atoms with van der Waals surface area (Å²) in [5.74, 6) is 0.387. The zero-order valence-electron chi connectivity index (χ0n) is 10.9. The Hall–Kier alpha value is -2.37. The number of carbonyl (C=O) groups excluding carboxylic acids is 2. The third kappa shape index (κ3) is 2.90. The molecule has 0 aliphatic carbocycles. The largest absolute Gasteiger partial charge is 0.356 e. The quantitative estimate of drug-likeness (QED) is 0.716. The summed E-state index contributed by atoms with van der Waals surface area (Å²) in [7, 11) is 0. The number of amides is 1. The summed E-state index contributed by atoms with van der Waals surface area (Å²) in [6, 6.07) is 1.37. The molecule has 0 fully saturated rings. The number of hydrogen-bond acceptors (Lipinski definition) is 3. The standard InChI is InChI=1S/C13H16N4O2/c1-3-10(12-14-4-5-15-12)17-13(19)11-6-9(7-16-11)8(2)18/h4-7,10,16H,3H2,1-2H3,(H,14,15)(H,17,19). The van der Waals surface area contributed by atoms with Gasteiger partial charge in [0.1, 0.15) is 11.5 Å². The molecule has 3 N–H and O–H groups in total. The fraction of sp³-hybridized carbons (Fsp3) is 0.308. The van der Waals surface area contributed by atoms with E-state index < -0.39 is 0 Å². The van der Waals surface area contributed by atoms with E-state index >= 15 is 0 Å². The lowest BCUT2D eigenvalue weighted by Gasteiger charge is -2.13. The van der Waals surface area contributed by atoms with Gasteiger partial charge in [-0.3, -0.25) is 9.59 Å². The van der Waals surface area contributed by atoms with Gasteiger partial charge >= 0.3 is 0 Å². The van der Waals surface area contributed by atoms with E-state index in [-0.39, 0.29) is 17.7 Å².